The van der Waals surface area contributed by atoms with Crippen LogP contribution in [0.1, 0.15) is 32.4 Å². The standard InChI is InChI=1S/C19H28N4O2.HI/c1-3-20-19(21-12-8-9-13-24-4-2)22-15-17-14-18(25-23-17)16-10-6-5-7-11-16;/h5-7,10-11,14H,3-4,8-9,12-13,15H2,1-2H3,(H2,20,21,22);1H. The summed E-state index contributed by atoms with van der Waals surface area (Å²) in [7, 11) is 0. The fraction of sp³-hybridized carbons (Fsp3) is 0.474. The van der Waals surface area contributed by atoms with E-state index in [1.165, 1.54) is 0 Å². The summed E-state index contributed by atoms with van der Waals surface area (Å²) in [5.41, 5.74) is 1.83. The predicted octanol–water partition coefficient (Wildman–Crippen LogP) is 3.83. The minimum atomic E-state index is 0. The van der Waals surface area contributed by atoms with E-state index in [1.54, 1.807) is 0 Å². The number of nitrogens with one attached hydrogen (secondary N) is 2. The van der Waals surface area contributed by atoms with Gasteiger partial charge in [-0.2, -0.15) is 0 Å². The van der Waals surface area contributed by atoms with Crippen LogP contribution in [0, 0.1) is 0 Å². The van der Waals surface area contributed by atoms with E-state index in [-0.39, 0.29) is 24.0 Å². The minimum Gasteiger partial charge on any atom is -0.382 e. The Morgan fingerprint density at radius 3 is 2.69 bits per heavy atom. The fourth-order valence-electron chi connectivity index (χ4n) is 2.31. The Morgan fingerprint density at radius 1 is 1.15 bits per heavy atom. The molecular weight excluding hydrogens is 443 g/mol. The van der Waals surface area contributed by atoms with E-state index < -0.39 is 0 Å². The monoisotopic (exact) mass is 472 g/mol. The Morgan fingerprint density at radius 2 is 1.96 bits per heavy atom. The highest BCUT2D eigenvalue weighted by molar-refractivity contribution is 14.0. The molecular formula is C19H29IN4O2. The van der Waals surface area contributed by atoms with Gasteiger partial charge in [-0.15, -0.1) is 24.0 Å². The van der Waals surface area contributed by atoms with E-state index in [4.69, 9.17) is 9.26 Å². The second-order valence-corrected chi connectivity index (χ2v) is 5.57. The topological polar surface area (TPSA) is 71.7 Å². The summed E-state index contributed by atoms with van der Waals surface area (Å²) in [5.74, 6) is 1.56. The average Bonchev–Trinajstić information content (AvgIpc) is 3.12. The maximum absolute atomic E-state index is 5.41. The molecule has 0 unspecified atom stereocenters. The zero-order valence-electron chi connectivity index (χ0n) is 15.5. The van der Waals surface area contributed by atoms with Crippen LogP contribution >= 0.6 is 24.0 Å². The molecule has 2 N–H and O–H groups in total. The van der Waals surface area contributed by atoms with Gasteiger partial charge in [-0.25, -0.2) is 4.99 Å². The quantitative estimate of drug-likeness (QED) is 0.238. The first kappa shape index (κ1) is 22.4. The van der Waals surface area contributed by atoms with Gasteiger partial charge in [-0.1, -0.05) is 35.5 Å². The van der Waals surface area contributed by atoms with Gasteiger partial charge in [-0.3, -0.25) is 0 Å². The maximum Gasteiger partial charge on any atom is 0.191 e. The van der Waals surface area contributed by atoms with Crippen LogP contribution in [0.15, 0.2) is 45.9 Å². The Labute approximate surface area is 172 Å². The molecule has 0 saturated heterocycles. The molecule has 0 bridgehead atoms. The smallest absolute Gasteiger partial charge is 0.191 e. The maximum atomic E-state index is 5.41. The highest BCUT2D eigenvalue weighted by atomic mass is 127. The van der Waals surface area contributed by atoms with Crippen LogP contribution in [0.4, 0.5) is 0 Å². The fourth-order valence-corrected chi connectivity index (χ4v) is 2.31. The number of unbranched alkanes of at least 4 members (excludes halogenated alkanes) is 1. The first-order valence-corrected chi connectivity index (χ1v) is 8.94. The number of benzene rings is 1. The number of hydrogen-bond donors (Lipinski definition) is 2. The van der Waals surface area contributed by atoms with Crippen LogP contribution in [0.25, 0.3) is 11.3 Å². The van der Waals surface area contributed by atoms with E-state index in [2.05, 4.69) is 27.7 Å². The van der Waals surface area contributed by atoms with E-state index >= 15 is 0 Å². The van der Waals surface area contributed by atoms with Crippen LogP contribution in [-0.2, 0) is 11.3 Å². The summed E-state index contributed by atoms with van der Waals surface area (Å²) in [6, 6.07) is 11.9. The lowest BCUT2D eigenvalue weighted by atomic mass is 10.2. The van der Waals surface area contributed by atoms with Crippen LogP contribution in [-0.4, -0.2) is 37.4 Å². The van der Waals surface area contributed by atoms with Crippen molar-refractivity contribution >= 4 is 29.9 Å². The van der Waals surface area contributed by atoms with Gasteiger partial charge in [0.15, 0.2) is 11.7 Å². The Balaban J connectivity index is 0.00000338. The summed E-state index contributed by atoms with van der Waals surface area (Å²) in [6.07, 6.45) is 2.09. The zero-order valence-corrected chi connectivity index (χ0v) is 17.9. The molecule has 0 amide bonds. The molecule has 7 heteroatoms. The molecule has 1 aromatic heterocycles. The number of ether oxygens (including phenoxy) is 1. The lowest BCUT2D eigenvalue weighted by molar-refractivity contribution is 0.143. The third kappa shape index (κ3) is 8.18. The number of aliphatic imine (C=N–C) groups is 1. The lowest BCUT2D eigenvalue weighted by Crippen LogP contribution is -2.37. The highest BCUT2D eigenvalue weighted by Gasteiger charge is 2.06. The first-order chi connectivity index (χ1) is 12.3. The van der Waals surface area contributed by atoms with Crippen molar-refractivity contribution in [1.29, 1.82) is 0 Å². The second kappa shape index (κ2) is 13.6. The predicted molar refractivity (Wildman–Crippen MR) is 116 cm³/mol. The highest BCUT2D eigenvalue weighted by Crippen LogP contribution is 2.19. The summed E-state index contributed by atoms with van der Waals surface area (Å²) < 4.78 is 10.7. The molecule has 0 spiro atoms. The second-order valence-electron chi connectivity index (χ2n) is 5.57. The molecule has 0 radical (unpaired) electrons. The zero-order chi connectivity index (χ0) is 17.7. The Kier molecular flexibility index (Phi) is 11.7. The van der Waals surface area contributed by atoms with Gasteiger partial charge < -0.3 is 19.9 Å². The molecule has 2 aromatic rings. The summed E-state index contributed by atoms with van der Waals surface area (Å²) in [5, 5.41) is 10.7. The van der Waals surface area contributed by atoms with Crippen molar-refractivity contribution in [3.63, 3.8) is 0 Å². The third-order valence-electron chi connectivity index (χ3n) is 3.57. The number of nitrogens with zero attached hydrogens (tertiary/aromatic N) is 2. The molecule has 0 fully saturated rings. The van der Waals surface area contributed by atoms with Crippen molar-refractivity contribution < 1.29 is 9.26 Å². The van der Waals surface area contributed by atoms with Crippen molar-refractivity contribution in [3.8, 4) is 11.3 Å². The molecule has 26 heavy (non-hydrogen) atoms. The van der Waals surface area contributed by atoms with Crippen molar-refractivity contribution in [3.05, 3.63) is 42.1 Å². The van der Waals surface area contributed by atoms with Crippen molar-refractivity contribution in [2.75, 3.05) is 26.3 Å². The number of halogens is 1. The van der Waals surface area contributed by atoms with E-state index in [1.807, 2.05) is 43.3 Å². The SMILES string of the molecule is CCNC(=NCc1cc(-c2ccccc2)on1)NCCCCOCC.I. The Bertz CT molecular complexity index is 631. The van der Waals surface area contributed by atoms with Gasteiger partial charge in [0.1, 0.15) is 5.69 Å². The number of rotatable bonds is 10. The molecule has 1 heterocycles. The number of guanidine groups is 1. The third-order valence-corrected chi connectivity index (χ3v) is 3.57. The van der Waals surface area contributed by atoms with Crippen LogP contribution < -0.4 is 10.6 Å². The minimum absolute atomic E-state index is 0. The summed E-state index contributed by atoms with van der Waals surface area (Å²) >= 11 is 0. The van der Waals surface area contributed by atoms with Gasteiger partial charge in [0.05, 0.1) is 6.54 Å². The molecule has 0 aliphatic carbocycles. The summed E-state index contributed by atoms with van der Waals surface area (Å²) in [6.45, 7) is 7.82. The Hall–Kier alpha value is -1.61. The van der Waals surface area contributed by atoms with Crippen LogP contribution in [0.3, 0.4) is 0 Å². The first-order valence-electron chi connectivity index (χ1n) is 8.94. The lowest BCUT2D eigenvalue weighted by Gasteiger charge is -2.10. The molecule has 0 aliphatic rings. The van der Waals surface area contributed by atoms with Gasteiger partial charge >= 0.3 is 0 Å². The van der Waals surface area contributed by atoms with Gasteiger partial charge in [0.25, 0.3) is 0 Å². The van der Waals surface area contributed by atoms with Gasteiger partial charge in [0.2, 0.25) is 0 Å². The van der Waals surface area contributed by atoms with Gasteiger partial charge in [0, 0.05) is 37.9 Å². The molecule has 2 rings (SSSR count). The summed E-state index contributed by atoms with van der Waals surface area (Å²) in [4.78, 5) is 4.57. The van der Waals surface area contributed by atoms with E-state index in [0.29, 0.717) is 6.54 Å². The number of aromatic nitrogens is 1. The number of hydrogen-bond acceptors (Lipinski definition) is 4. The molecule has 144 valence electrons. The molecule has 1 aromatic carbocycles. The molecule has 0 saturated carbocycles. The molecule has 0 atom stereocenters. The largest absolute Gasteiger partial charge is 0.382 e. The van der Waals surface area contributed by atoms with Gasteiger partial charge in [-0.05, 0) is 26.7 Å². The van der Waals surface area contributed by atoms with E-state index in [9.17, 15) is 0 Å². The average molecular weight is 472 g/mol. The molecule has 0 aliphatic heterocycles. The van der Waals surface area contributed by atoms with Crippen molar-refractivity contribution in [2.24, 2.45) is 4.99 Å². The normalized spacial score (nSPS) is 11.1. The van der Waals surface area contributed by atoms with E-state index in [0.717, 1.165) is 62.1 Å². The molecule has 6 nitrogen and oxygen atoms in total. The van der Waals surface area contributed by atoms with Crippen molar-refractivity contribution in [2.45, 2.75) is 33.2 Å². The van der Waals surface area contributed by atoms with Crippen LogP contribution in [0.2, 0.25) is 0 Å². The van der Waals surface area contributed by atoms with Crippen molar-refractivity contribution in [1.82, 2.24) is 15.8 Å². The van der Waals surface area contributed by atoms with Crippen LogP contribution in [0.5, 0.6) is 0 Å².